The molecule has 0 radical (unpaired) electrons. The van der Waals surface area contributed by atoms with Crippen LogP contribution in [0.1, 0.15) is 45.3 Å². The SMILES string of the molecule is CC(N)c1ccc(N2CCC(C(C)C)CC2)cn1. The van der Waals surface area contributed by atoms with Crippen LogP contribution in [0.2, 0.25) is 0 Å². The molecular formula is C15H25N3. The zero-order valence-electron chi connectivity index (χ0n) is 11.8. The Labute approximate surface area is 110 Å². The van der Waals surface area contributed by atoms with Crippen LogP contribution in [0.3, 0.4) is 0 Å². The second kappa shape index (κ2) is 5.70. The summed E-state index contributed by atoms with van der Waals surface area (Å²) in [6.07, 6.45) is 4.56. The summed E-state index contributed by atoms with van der Waals surface area (Å²) >= 11 is 0. The second-order valence-electron chi connectivity index (χ2n) is 5.80. The van der Waals surface area contributed by atoms with Crippen LogP contribution >= 0.6 is 0 Å². The highest BCUT2D eigenvalue weighted by Crippen LogP contribution is 2.27. The van der Waals surface area contributed by atoms with E-state index in [4.69, 9.17) is 5.73 Å². The van der Waals surface area contributed by atoms with Crippen molar-refractivity contribution in [3.05, 3.63) is 24.0 Å². The summed E-state index contributed by atoms with van der Waals surface area (Å²) in [5.41, 5.74) is 8.02. The first-order chi connectivity index (χ1) is 8.58. The fourth-order valence-electron chi connectivity index (χ4n) is 2.68. The third-order valence-electron chi connectivity index (χ3n) is 4.08. The van der Waals surface area contributed by atoms with Crippen molar-refractivity contribution < 1.29 is 0 Å². The second-order valence-corrected chi connectivity index (χ2v) is 5.80. The molecule has 1 atom stereocenters. The monoisotopic (exact) mass is 247 g/mol. The van der Waals surface area contributed by atoms with E-state index in [9.17, 15) is 0 Å². The summed E-state index contributed by atoms with van der Waals surface area (Å²) < 4.78 is 0. The van der Waals surface area contributed by atoms with Crippen LogP contribution < -0.4 is 10.6 Å². The van der Waals surface area contributed by atoms with Crippen molar-refractivity contribution in [3.8, 4) is 0 Å². The van der Waals surface area contributed by atoms with Crippen LogP contribution in [0.5, 0.6) is 0 Å². The summed E-state index contributed by atoms with van der Waals surface area (Å²) in [5, 5.41) is 0. The molecule has 2 heterocycles. The first-order valence-corrected chi connectivity index (χ1v) is 7.04. The Hall–Kier alpha value is -1.09. The summed E-state index contributed by atoms with van der Waals surface area (Å²) in [6, 6.07) is 4.22. The zero-order valence-corrected chi connectivity index (χ0v) is 11.8. The van der Waals surface area contributed by atoms with Gasteiger partial charge in [-0.05, 0) is 43.7 Å². The summed E-state index contributed by atoms with van der Waals surface area (Å²) in [5.74, 6) is 1.70. The van der Waals surface area contributed by atoms with Crippen LogP contribution in [0.25, 0.3) is 0 Å². The number of aromatic nitrogens is 1. The summed E-state index contributed by atoms with van der Waals surface area (Å²) in [6.45, 7) is 8.94. The number of hydrogen-bond acceptors (Lipinski definition) is 3. The number of nitrogens with two attached hydrogens (primary N) is 1. The number of nitrogens with zero attached hydrogens (tertiary/aromatic N) is 2. The van der Waals surface area contributed by atoms with Crippen molar-refractivity contribution in [1.82, 2.24) is 4.98 Å². The minimum atomic E-state index is 0.0192. The molecule has 1 aliphatic rings. The van der Waals surface area contributed by atoms with Gasteiger partial charge in [-0.1, -0.05) is 13.8 Å². The topological polar surface area (TPSA) is 42.1 Å². The van der Waals surface area contributed by atoms with Gasteiger partial charge in [-0.15, -0.1) is 0 Å². The Morgan fingerprint density at radius 3 is 2.33 bits per heavy atom. The maximum atomic E-state index is 5.82. The van der Waals surface area contributed by atoms with Gasteiger partial charge >= 0.3 is 0 Å². The maximum Gasteiger partial charge on any atom is 0.0569 e. The van der Waals surface area contributed by atoms with Crippen LogP contribution in [-0.2, 0) is 0 Å². The number of pyridine rings is 1. The van der Waals surface area contributed by atoms with E-state index in [1.807, 2.05) is 13.1 Å². The molecule has 1 aliphatic heterocycles. The number of anilines is 1. The van der Waals surface area contributed by atoms with E-state index in [0.717, 1.165) is 30.6 Å². The van der Waals surface area contributed by atoms with E-state index < -0.39 is 0 Å². The van der Waals surface area contributed by atoms with Gasteiger partial charge in [-0.3, -0.25) is 4.98 Å². The largest absolute Gasteiger partial charge is 0.370 e. The van der Waals surface area contributed by atoms with Gasteiger partial charge in [0.15, 0.2) is 0 Å². The average molecular weight is 247 g/mol. The zero-order chi connectivity index (χ0) is 13.1. The first kappa shape index (κ1) is 13.3. The Morgan fingerprint density at radius 1 is 1.22 bits per heavy atom. The highest BCUT2D eigenvalue weighted by Gasteiger charge is 2.21. The van der Waals surface area contributed by atoms with E-state index in [2.05, 4.69) is 35.9 Å². The lowest BCUT2D eigenvalue weighted by Gasteiger charge is -2.35. The number of rotatable bonds is 3. The van der Waals surface area contributed by atoms with Crippen molar-refractivity contribution in [3.63, 3.8) is 0 Å². The van der Waals surface area contributed by atoms with Crippen molar-refractivity contribution >= 4 is 5.69 Å². The van der Waals surface area contributed by atoms with Gasteiger partial charge in [-0.25, -0.2) is 0 Å². The highest BCUT2D eigenvalue weighted by molar-refractivity contribution is 5.45. The molecule has 0 aliphatic carbocycles. The lowest BCUT2D eigenvalue weighted by molar-refractivity contribution is 0.311. The van der Waals surface area contributed by atoms with Gasteiger partial charge in [-0.2, -0.15) is 0 Å². The van der Waals surface area contributed by atoms with Gasteiger partial charge in [0.1, 0.15) is 0 Å². The van der Waals surface area contributed by atoms with E-state index in [1.165, 1.54) is 18.5 Å². The number of hydrogen-bond donors (Lipinski definition) is 1. The van der Waals surface area contributed by atoms with E-state index in [1.54, 1.807) is 0 Å². The van der Waals surface area contributed by atoms with Gasteiger partial charge in [0.05, 0.1) is 17.6 Å². The Bertz CT molecular complexity index is 362. The molecule has 18 heavy (non-hydrogen) atoms. The quantitative estimate of drug-likeness (QED) is 0.893. The van der Waals surface area contributed by atoms with E-state index >= 15 is 0 Å². The lowest BCUT2D eigenvalue weighted by Crippen LogP contribution is -2.35. The predicted octanol–water partition coefficient (Wildman–Crippen LogP) is 2.97. The third kappa shape index (κ3) is 3.02. The van der Waals surface area contributed by atoms with Gasteiger partial charge in [0.25, 0.3) is 0 Å². The van der Waals surface area contributed by atoms with Crippen molar-refractivity contribution in [1.29, 1.82) is 0 Å². The van der Waals surface area contributed by atoms with Gasteiger partial charge in [0, 0.05) is 19.1 Å². The Morgan fingerprint density at radius 2 is 1.89 bits per heavy atom. The fraction of sp³-hybridized carbons (Fsp3) is 0.667. The Balaban J connectivity index is 1.97. The molecule has 0 saturated carbocycles. The molecule has 3 nitrogen and oxygen atoms in total. The molecule has 0 amide bonds. The molecule has 0 spiro atoms. The molecule has 1 saturated heterocycles. The standard InChI is InChI=1S/C15H25N3/c1-11(2)13-6-8-18(9-7-13)14-4-5-15(12(3)16)17-10-14/h4-5,10-13H,6-9,16H2,1-3H3. The van der Waals surface area contributed by atoms with Crippen molar-refractivity contribution in [2.75, 3.05) is 18.0 Å². The number of piperidine rings is 1. The van der Waals surface area contributed by atoms with E-state index in [-0.39, 0.29) is 6.04 Å². The molecular weight excluding hydrogens is 222 g/mol. The van der Waals surface area contributed by atoms with E-state index in [0.29, 0.717) is 0 Å². The molecule has 1 unspecified atom stereocenters. The van der Waals surface area contributed by atoms with Crippen LogP contribution in [0.4, 0.5) is 5.69 Å². The fourth-order valence-corrected chi connectivity index (χ4v) is 2.68. The molecule has 2 N–H and O–H groups in total. The lowest BCUT2D eigenvalue weighted by atomic mass is 9.86. The Kier molecular flexibility index (Phi) is 4.23. The molecule has 1 fully saturated rings. The van der Waals surface area contributed by atoms with Crippen LogP contribution in [0, 0.1) is 11.8 Å². The predicted molar refractivity (Wildman–Crippen MR) is 76.6 cm³/mol. The van der Waals surface area contributed by atoms with Crippen molar-refractivity contribution in [2.24, 2.45) is 17.6 Å². The highest BCUT2D eigenvalue weighted by atomic mass is 15.1. The molecule has 2 rings (SSSR count). The van der Waals surface area contributed by atoms with Crippen LogP contribution in [-0.4, -0.2) is 18.1 Å². The average Bonchev–Trinajstić information content (AvgIpc) is 2.39. The molecule has 1 aromatic rings. The molecule has 0 bridgehead atoms. The molecule has 0 aromatic carbocycles. The summed E-state index contributed by atoms with van der Waals surface area (Å²) in [7, 11) is 0. The summed E-state index contributed by atoms with van der Waals surface area (Å²) in [4.78, 5) is 6.88. The molecule has 100 valence electrons. The minimum absolute atomic E-state index is 0.0192. The normalized spacial score (nSPS) is 19.3. The minimum Gasteiger partial charge on any atom is -0.370 e. The maximum absolute atomic E-state index is 5.82. The van der Waals surface area contributed by atoms with Crippen LogP contribution in [0.15, 0.2) is 18.3 Å². The molecule has 3 heteroatoms. The smallest absolute Gasteiger partial charge is 0.0569 e. The van der Waals surface area contributed by atoms with Gasteiger partial charge < -0.3 is 10.6 Å². The molecule has 1 aromatic heterocycles. The third-order valence-corrected chi connectivity index (χ3v) is 4.08. The van der Waals surface area contributed by atoms with Gasteiger partial charge in [0.2, 0.25) is 0 Å². The first-order valence-electron chi connectivity index (χ1n) is 7.04. The van der Waals surface area contributed by atoms with Crippen molar-refractivity contribution in [2.45, 2.75) is 39.7 Å².